The SMILES string of the molecule is CC[C@H]1OC(=O)[C@H](C)[C@@H](C2C[C@@](C)(OC)[C@@H](O)[C@H](C)O2)[C@H](C)[C@@H](O[C@@H]2O[C@H](C)C[C@H](N(C)CCc3cn(Cc4cccc(F)c4F)nn3)[C@H]2O)[C@](C)(O)C[C@@H](C)CN(C)[C@H](C)[C@@H](O)[C@]1(C)O. The van der Waals surface area contributed by atoms with E-state index in [-0.39, 0.29) is 43.4 Å². The van der Waals surface area contributed by atoms with Crippen molar-refractivity contribution in [2.45, 2.75) is 192 Å². The Labute approximate surface area is 389 Å². The smallest absolute Gasteiger partial charge is 0.309 e. The molecule has 3 aliphatic rings. The van der Waals surface area contributed by atoms with Crippen LogP contribution < -0.4 is 0 Å². The number of esters is 1. The van der Waals surface area contributed by atoms with Crippen molar-refractivity contribution in [3.63, 3.8) is 0 Å². The van der Waals surface area contributed by atoms with Crippen LogP contribution in [-0.2, 0) is 41.4 Å². The van der Waals surface area contributed by atoms with Gasteiger partial charge in [-0.2, -0.15) is 0 Å². The maximum atomic E-state index is 14.6. The van der Waals surface area contributed by atoms with Crippen LogP contribution in [0.3, 0.4) is 0 Å². The molecule has 0 saturated carbocycles. The monoisotopic (exact) mass is 940 g/mol. The highest BCUT2D eigenvalue weighted by Crippen LogP contribution is 2.45. The van der Waals surface area contributed by atoms with E-state index in [1.54, 1.807) is 47.7 Å². The summed E-state index contributed by atoms with van der Waals surface area (Å²) >= 11 is 0. The van der Waals surface area contributed by atoms with Gasteiger partial charge in [-0.15, -0.1) is 5.10 Å². The molecule has 1 aromatic carbocycles. The minimum atomic E-state index is -1.83. The molecule has 0 radical (unpaired) electrons. The fourth-order valence-electron chi connectivity index (χ4n) is 11.0. The van der Waals surface area contributed by atoms with Crippen molar-refractivity contribution in [3.05, 3.63) is 47.3 Å². The van der Waals surface area contributed by atoms with Crippen molar-refractivity contribution < 1.29 is 62.8 Å². The van der Waals surface area contributed by atoms with Gasteiger partial charge in [0.05, 0.1) is 53.8 Å². The maximum Gasteiger partial charge on any atom is 0.309 e. The van der Waals surface area contributed by atoms with E-state index in [2.05, 4.69) is 10.3 Å². The van der Waals surface area contributed by atoms with Gasteiger partial charge in [-0.05, 0) is 92.8 Å². The van der Waals surface area contributed by atoms with Crippen molar-refractivity contribution in [1.29, 1.82) is 0 Å². The number of ether oxygens (including phenoxy) is 5. The van der Waals surface area contributed by atoms with Crippen molar-refractivity contribution in [3.8, 4) is 0 Å². The number of aliphatic hydroxyl groups excluding tert-OH is 3. The fourth-order valence-corrected chi connectivity index (χ4v) is 11.0. The van der Waals surface area contributed by atoms with Crippen molar-refractivity contribution in [2.24, 2.45) is 23.7 Å². The van der Waals surface area contributed by atoms with E-state index < -0.39 is 113 Å². The molecule has 0 spiro atoms. The lowest BCUT2D eigenvalue weighted by molar-refractivity contribution is -0.302. The Morgan fingerprint density at radius 2 is 1.68 bits per heavy atom. The van der Waals surface area contributed by atoms with Crippen molar-refractivity contribution >= 4 is 5.97 Å². The van der Waals surface area contributed by atoms with E-state index in [1.807, 2.05) is 44.7 Å². The van der Waals surface area contributed by atoms with Gasteiger partial charge in [-0.3, -0.25) is 4.79 Å². The van der Waals surface area contributed by atoms with Crippen LogP contribution in [0.15, 0.2) is 24.4 Å². The van der Waals surface area contributed by atoms with Crippen molar-refractivity contribution in [2.75, 3.05) is 34.3 Å². The summed E-state index contributed by atoms with van der Waals surface area (Å²) in [4.78, 5) is 18.5. The Kier molecular flexibility index (Phi) is 18.0. The molecule has 18 atom stereocenters. The molecule has 1 unspecified atom stereocenters. The number of aromatic nitrogens is 3. The summed E-state index contributed by atoms with van der Waals surface area (Å²) in [5, 5.41) is 68.2. The molecule has 0 bridgehead atoms. The lowest BCUT2D eigenvalue weighted by Crippen LogP contribution is -2.62. The lowest BCUT2D eigenvalue weighted by Gasteiger charge is -2.51. The largest absolute Gasteiger partial charge is 0.459 e. The zero-order valence-electron chi connectivity index (χ0n) is 41.3. The van der Waals surface area contributed by atoms with Gasteiger partial charge in [0.1, 0.15) is 30.0 Å². The maximum absolute atomic E-state index is 14.6. The fraction of sp³-hybridized carbons (Fsp3) is 0.812. The molecular formula is C48H79F2N5O11. The molecule has 376 valence electrons. The normalized spacial score (nSPS) is 41.6. The van der Waals surface area contributed by atoms with Gasteiger partial charge in [-0.1, -0.05) is 45.0 Å². The van der Waals surface area contributed by atoms with Crippen LogP contribution in [0.2, 0.25) is 0 Å². The number of benzene rings is 1. The predicted octanol–water partition coefficient (Wildman–Crippen LogP) is 3.71. The number of methoxy groups -OCH3 is 1. The average Bonchev–Trinajstić information content (AvgIpc) is 3.71. The second kappa shape index (κ2) is 21.9. The Hall–Kier alpha value is -2.75. The second-order valence-corrected chi connectivity index (χ2v) is 20.6. The molecule has 3 aliphatic heterocycles. The van der Waals surface area contributed by atoms with Gasteiger partial charge < -0.3 is 59.0 Å². The Bertz CT molecular complexity index is 1890. The lowest BCUT2D eigenvalue weighted by atomic mass is 9.68. The molecule has 16 nitrogen and oxygen atoms in total. The number of rotatable bonds is 11. The molecule has 5 N–H and O–H groups in total. The first kappa shape index (κ1) is 54.2. The number of hydrogen-bond donors (Lipinski definition) is 5. The number of nitrogens with zero attached hydrogens (tertiary/aromatic N) is 5. The van der Waals surface area contributed by atoms with Crippen LogP contribution in [0.25, 0.3) is 0 Å². The summed E-state index contributed by atoms with van der Waals surface area (Å²) in [7, 11) is 5.22. The van der Waals surface area contributed by atoms with Crippen LogP contribution in [0, 0.1) is 35.3 Å². The topological polar surface area (TPSA) is 202 Å². The number of cyclic esters (lactones) is 1. The average molecular weight is 940 g/mol. The van der Waals surface area contributed by atoms with Crippen LogP contribution in [0.4, 0.5) is 8.78 Å². The van der Waals surface area contributed by atoms with Gasteiger partial charge in [-0.25, -0.2) is 13.5 Å². The van der Waals surface area contributed by atoms with Gasteiger partial charge in [0, 0.05) is 62.8 Å². The highest BCUT2D eigenvalue weighted by atomic mass is 19.2. The molecule has 1 aromatic heterocycles. The highest BCUT2D eigenvalue weighted by Gasteiger charge is 2.55. The van der Waals surface area contributed by atoms with E-state index in [4.69, 9.17) is 23.7 Å². The van der Waals surface area contributed by atoms with E-state index >= 15 is 0 Å². The van der Waals surface area contributed by atoms with Gasteiger partial charge in [0.25, 0.3) is 0 Å². The Morgan fingerprint density at radius 3 is 2.33 bits per heavy atom. The third kappa shape index (κ3) is 12.0. The van der Waals surface area contributed by atoms with Gasteiger partial charge in [0.2, 0.25) is 0 Å². The quantitative estimate of drug-likeness (QED) is 0.204. The first-order valence-electron chi connectivity index (χ1n) is 23.7. The number of aliphatic hydroxyl groups is 5. The molecule has 3 fully saturated rings. The zero-order chi connectivity index (χ0) is 49.2. The molecule has 2 aromatic rings. The summed E-state index contributed by atoms with van der Waals surface area (Å²) in [6, 6.07) is 2.95. The molecule has 3 saturated heterocycles. The number of carbonyl (C=O) groups is 1. The number of carbonyl (C=O) groups excluding carboxylic acids is 1. The third-order valence-electron chi connectivity index (χ3n) is 15.1. The summed E-state index contributed by atoms with van der Waals surface area (Å²) < 4.78 is 61.6. The standard InChI is InChI=1S/C48H79F2N5O11/c1-14-37-48(10,61)41(57)30(6)54(12)23-26(2)21-46(8,60)43(28(4)38(29(5)44(59)65-37)36-22-47(9,62-13)42(58)31(7)64-36)66-45-40(56)35(20-27(3)63-45)53(11)19-18-33-25-55(52-51-33)24-32-16-15-17-34(49)39(32)50/h15-17,25-31,35-38,40-43,45,56-58,60-61H,14,18-24H2,1-13H3/t26-,27-,28+,29-,30-,31+,35+,36?,37-,38+,40-,41-,42+,43-,45+,46-,47-,48-/m1/s1. The number of likely N-dealkylation sites (N-methyl/N-ethyl adjacent to an activating group) is 2. The molecule has 0 amide bonds. The van der Waals surface area contributed by atoms with Crippen LogP contribution >= 0.6 is 0 Å². The summed E-state index contributed by atoms with van der Waals surface area (Å²) in [6.07, 6.45) is -5.59. The Morgan fingerprint density at radius 1 is 1.00 bits per heavy atom. The molecule has 5 rings (SSSR count). The number of hydrogen-bond acceptors (Lipinski definition) is 15. The second-order valence-electron chi connectivity index (χ2n) is 20.6. The zero-order valence-corrected chi connectivity index (χ0v) is 41.3. The summed E-state index contributed by atoms with van der Waals surface area (Å²) in [6.45, 7) is 18.6. The van der Waals surface area contributed by atoms with Gasteiger partial charge >= 0.3 is 5.97 Å². The van der Waals surface area contributed by atoms with Crippen LogP contribution in [-0.4, -0.2) is 175 Å². The van der Waals surface area contributed by atoms with E-state index in [0.717, 1.165) is 6.07 Å². The van der Waals surface area contributed by atoms with Crippen molar-refractivity contribution in [1.82, 2.24) is 24.8 Å². The molecular weight excluding hydrogens is 861 g/mol. The summed E-state index contributed by atoms with van der Waals surface area (Å²) in [5.41, 5.74) is -3.74. The first-order valence-corrected chi connectivity index (χ1v) is 23.7. The van der Waals surface area contributed by atoms with Crippen LogP contribution in [0.5, 0.6) is 0 Å². The number of halogens is 2. The third-order valence-corrected chi connectivity index (χ3v) is 15.1. The molecule has 4 heterocycles. The first-order chi connectivity index (χ1) is 30.8. The summed E-state index contributed by atoms with van der Waals surface area (Å²) in [5.74, 6) is -5.12. The van der Waals surface area contributed by atoms with Crippen LogP contribution in [0.1, 0.15) is 106 Å². The van der Waals surface area contributed by atoms with E-state index in [1.165, 1.54) is 30.8 Å². The van der Waals surface area contributed by atoms with Gasteiger partial charge in [0.15, 0.2) is 17.9 Å². The van der Waals surface area contributed by atoms with E-state index in [0.29, 0.717) is 31.6 Å². The minimum Gasteiger partial charge on any atom is -0.459 e. The minimum absolute atomic E-state index is 0.00443. The van der Waals surface area contributed by atoms with E-state index in [9.17, 15) is 39.1 Å². The Balaban J connectivity index is 1.48. The highest BCUT2D eigenvalue weighted by molar-refractivity contribution is 5.73. The predicted molar refractivity (Wildman–Crippen MR) is 241 cm³/mol. The molecule has 66 heavy (non-hydrogen) atoms. The molecule has 0 aliphatic carbocycles. The molecule has 18 heteroatoms.